The Kier molecular flexibility index (Phi) is 3.69. The van der Waals surface area contributed by atoms with E-state index in [2.05, 4.69) is 9.97 Å². The highest BCUT2D eigenvalue weighted by Gasteiger charge is 2.12. The van der Waals surface area contributed by atoms with Gasteiger partial charge in [-0.1, -0.05) is 12.1 Å². The number of ether oxygens (including phenoxy) is 1. The lowest BCUT2D eigenvalue weighted by Crippen LogP contribution is -2.00. The van der Waals surface area contributed by atoms with Crippen molar-refractivity contribution in [2.75, 3.05) is 7.11 Å². The van der Waals surface area contributed by atoms with Crippen molar-refractivity contribution in [3.63, 3.8) is 0 Å². The Balaban J connectivity index is 1.71. The van der Waals surface area contributed by atoms with Gasteiger partial charge in [0.05, 0.1) is 7.11 Å². The van der Waals surface area contributed by atoms with Gasteiger partial charge in [0.25, 0.3) is 0 Å². The maximum absolute atomic E-state index is 12.3. The summed E-state index contributed by atoms with van der Waals surface area (Å²) in [6, 6.07) is 11.6. The number of H-pyrrole nitrogens is 1. The average molecular weight is 280 g/mol. The van der Waals surface area contributed by atoms with Gasteiger partial charge in [0.1, 0.15) is 11.4 Å². The molecule has 2 heterocycles. The molecule has 0 fully saturated rings. The molecule has 1 N–H and O–H groups in total. The third kappa shape index (κ3) is 2.79. The molecule has 0 bridgehead atoms. The lowest BCUT2D eigenvalue weighted by atomic mass is 10.0. The molecule has 0 saturated heterocycles. The van der Waals surface area contributed by atoms with Crippen LogP contribution in [-0.2, 0) is 6.42 Å². The van der Waals surface area contributed by atoms with Crippen LogP contribution in [0.4, 0.5) is 0 Å². The first-order chi connectivity index (χ1) is 10.3. The Bertz CT molecular complexity index is 760. The van der Waals surface area contributed by atoms with E-state index in [1.165, 1.54) is 0 Å². The number of hydrogen-bond acceptors (Lipinski definition) is 3. The van der Waals surface area contributed by atoms with Gasteiger partial charge < -0.3 is 9.72 Å². The number of hydrogen-bond donors (Lipinski definition) is 1. The summed E-state index contributed by atoms with van der Waals surface area (Å²) in [5.74, 6) is 0.956. The molecule has 0 radical (unpaired) electrons. The van der Waals surface area contributed by atoms with Crippen LogP contribution in [0.5, 0.6) is 5.75 Å². The second-order valence-electron chi connectivity index (χ2n) is 4.87. The fourth-order valence-electron chi connectivity index (χ4n) is 2.37. The zero-order valence-electron chi connectivity index (χ0n) is 11.8. The summed E-state index contributed by atoms with van der Waals surface area (Å²) in [4.78, 5) is 19.6. The molecule has 0 unspecified atom stereocenters. The maximum atomic E-state index is 12.3. The fraction of sp³-hybridized carbons (Fsp3) is 0.176. The summed E-state index contributed by atoms with van der Waals surface area (Å²) in [5, 5.41) is 0.886. The highest BCUT2D eigenvalue weighted by Crippen LogP contribution is 2.19. The van der Waals surface area contributed by atoms with Crippen molar-refractivity contribution in [1.82, 2.24) is 9.97 Å². The van der Waals surface area contributed by atoms with Crippen LogP contribution in [0.2, 0.25) is 0 Å². The zero-order chi connectivity index (χ0) is 14.7. The van der Waals surface area contributed by atoms with Gasteiger partial charge in [0, 0.05) is 29.8 Å². The van der Waals surface area contributed by atoms with Crippen LogP contribution in [0.3, 0.4) is 0 Å². The SMILES string of the molecule is COc1ccc(CCC(=O)c2c[nH]c3ncccc23)cc1. The molecular formula is C17H16N2O2. The first-order valence-electron chi connectivity index (χ1n) is 6.86. The topological polar surface area (TPSA) is 55.0 Å². The Morgan fingerprint density at radius 2 is 2.05 bits per heavy atom. The number of methoxy groups -OCH3 is 1. The molecule has 21 heavy (non-hydrogen) atoms. The van der Waals surface area contributed by atoms with Gasteiger partial charge in [-0.2, -0.15) is 0 Å². The lowest BCUT2D eigenvalue weighted by Gasteiger charge is -2.03. The Labute approximate surface area is 122 Å². The highest BCUT2D eigenvalue weighted by atomic mass is 16.5. The monoisotopic (exact) mass is 280 g/mol. The normalized spacial score (nSPS) is 10.7. The molecular weight excluding hydrogens is 264 g/mol. The van der Waals surface area contributed by atoms with Crippen molar-refractivity contribution in [3.8, 4) is 5.75 Å². The third-order valence-electron chi connectivity index (χ3n) is 3.55. The molecule has 0 aliphatic carbocycles. The predicted octanol–water partition coefficient (Wildman–Crippen LogP) is 3.39. The van der Waals surface area contributed by atoms with Crippen LogP contribution in [0, 0.1) is 0 Å². The van der Waals surface area contributed by atoms with E-state index in [-0.39, 0.29) is 5.78 Å². The summed E-state index contributed by atoms with van der Waals surface area (Å²) >= 11 is 0. The number of ketones is 1. The van der Waals surface area contributed by atoms with Gasteiger partial charge in [0.2, 0.25) is 0 Å². The molecule has 0 spiro atoms. The summed E-state index contributed by atoms with van der Waals surface area (Å²) in [6.07, 6.45) is 4.66. The van der Waals surface area contributed by atoms with Crippen LogP contribution in [0.1, 0.15) is 22.3 Å². The summed E-state index contributed by atoms with van der Waals surface area (Å²) in [7, 11) is 1.64. The number of nitrogens with zero attached hydrogens (tertiary/aromatic N) is 1. The predicted molar refractivity (Wildman–Crippen MR) is 81.7 cm³/mol. The molecule has 0 aliphatic heterocycles. The van der Waals surface area contributed by atoms with Crippen LogP contribution in [0.25, 0.3) is 11.0 Å². The second-order valence-corrected chi connectivity index (χ2v) is 4.87. The molecule has 3 rings (SSSR count). The summed E-state index contributed by atoms with van der Waals surface area (Å²) < 4.78 is 5.12. The van der Waals surface area contributed by atoms with Crippen LogP contribution in [-0.4, -0.2) is 22.9 Å². The molecule has 0 saturated carbocycles. The van der Waals surface area contributed by atoms with Crippen molar-refractivity contribution >= 4 is 16.8 Å². The fourth-order valence-corrected chi connectivity index (χ4v) is 2.37. The second kappa shape index (κ2) is 5.79. The number of Topliss-reactive ketones (excluding diaryl/α,β-unsaturated/α-hetero) is 1. The first-order valence-corrected chi connectivity index (χ1v) is 6.86. The van der Waals surface area contributed by atoms with Crippen LogP contribution >= 0.6 is 0 Å². The van der Waals surface area contributed by atoms with E-state index in [1.54, 1.807) is 19.5 Å². The smallest absolute Gasteiger partial charge is 0.165 e. The molecule has 106 valence electrons. The van der Waals surface area contributed by atoms with E-state index < -0.39 is 0 Å². The number of aromatic amines is 1. The van der Waals surface area contributed by atoms with Gasteiger partial charge in [-0.15, -0.1) is 0 Å². The number of pyridine rings is 1. The standard InChI is InChI=1S/C17H16N2O2/c1-21-13-7-4-12(5-8-13)6-9-16(20)15-11-19-17-14(15)3-2-10-18-17/h2-5,7-8,10-11H,6,9H2,1H3,(H,18,19). The van der Waals surface area contributed by atoms with Crippen molar-refractivity contribution < 1.29 is 9.53 Å². The number of nitrogens with one attached hydrogen (secondary N) is 1. The number of carbonyl (C=O) groups is 1. The zero-order valence-corrected chi connectivity index (χ0v) is 11.8. The van der Waals surface area contributed by atoms with E-state index >= 15 is 0 Å². The minimum absolute atomic E-state index is 0.130. The van der Waals surface area contributed by atoms with E-state index in [9.17, 15) is 4.79 Å². The molecule has 3 aromatic rings. The summed E-state index contributed by atoms with van der Waals surface area (Å²) in [6.45, 7) is 0. The quantitative estimate of drug-likeness (QED) is 0.729. The molecule has 4 nitrogen and oxygen atoms in total. The number of aryl methyl sites for hydroxylation is 1. The molecule has 0 amide bonds. The maximum Gasteiger partial charge on any atom is 0.165 e. The molecule has 0 aliphatic rings. The molecule has 2 aromatic heterocycles. The first kappa shape index (κ1) is 13.4. The number of benzene rings is 1. The van der Waals surface area contributed by atoms with E-state index in [4.69, 9.17) is 4.74 Å². The number of rotatable bonds is 5. The van der Waals surface area contributed by atoms with Crippen LogP contribution in [0.15, 0.2) is 48.8 Å². The largest absolute Gasteiger partial charge is 0.497 e. The Morgan fingerprint density at radius 1 is 1.24 bits per heavy atom. The Morgan fingerprint density at radius 3 is 2.81 bits per heavy atom. The Hall–Kier alpha value is -2.62. The van der Waals surface area contributed by atoms with Crippen molar-refractivity contribution in [1.29, 1.82) is 0 Å². The molecule has 0 atom stereocenters. The molecule has 1 aromatic carbocycles. The van der Waals surface area contributed by atoms with Crippen molar-refractivity contribution in [2.24, 2.45) is 0 Å². The van der Waals surface area contributed by atoms with Crippen molar-refractivity contribution in [2.45, 2.75) is 12.8 Å². The van der Waals surface area contributed by atoms with Gasteiger partial charge in [0.15, 0.2) is 5.78 Å². The highest BCUT2D eigenvalue weighted by molar-refractivity contribution is 6.07. The lowest BCUT2D eigenvalue weighted by molar-refractivity contribution is 0.0984. The third-order valence-corrected chi connectivity index (χ3v) is 3.55. The minimum atomic E-state index is 0.130. The van der Waals surface area contributed by atoms with Gasteiger partial charge in [-0.3, -0.25) is 4.79 Å². The molecule has 4 heteroatoms. The summed E-state index contributed by atoms with van der Waals surface area (Å²) in [5.41, 5.74) is 2.60. The number of carbonyl (C=O) groups excluding carboxylic acids is 1. The van der Waals surface area contributed by atoms with Gasteiger partial charge in [-0.25, -0.2) is 4.98 Å². The van der Waals surface area contributed by atoms with Crippen molar-refractivity contribution in [3.05, 3.63) is 59.9 Å². The number of fused-ring (bicyclic) bond motifs is 1. The van der Waals surface area contributed by atoms with Gasteiger partial charge >= 0.3 is 0 Å². The van der Waals surface area contributed by atoms with Gasteiger partial charge in [-0.05, 0) is 36.2 Å². The average Bonchev–Trinajstić information content (AvgIpc) is 2.97. The van der Waals surface area contributed by atoms with E-state index in [0.29, 0.717) is 12.0 Å². The minimum Gasteiger partial charge on any atom is -0.497 e. The number of aromatic nitrogens is 2. The van der Waals surface area contributed by atoms with Crippen LogP contribution < -0.4 is 4.74 Å². The van der Waals surface area contributed by atoms with E-state index in [0.717, 1.165) is 28.8 Å². The van der Waals surface area contributed by atoms with E-state index in [1.807, 2.05) is 36.4 Å².